The molecular weight excluding hydrogens is 206 g/mol. The van der Waals surface area contributed by atoms with Crippen molar-refractivity contribution in [1.29, 1.82) is 0 Å². The van der Waals surface area contributed by atoms with Gasteiger partial charge in [-0.2, -0.15) is 0 Å². The minimum Gasteiger partial charge on any atom is -0.258 e. The molecule has 1 heterocycles. The molecule has 0 N–H and O–H groups in total. The van der Waals surface area contributed by atoms with Crippen LogP contribution >= 0.6 is 0 Å². The number of aryl methyl sites for hydroxylation is 3. The maximum absolute atomic E-state index is 4.65. The van der Waals surface area contributed by atoms with Crippen molar-refractivity contribution >= 4 is 0 Å². The van der Waals surface area contributed by atoms with E-state index in [1.54, 1.807) is 0 Å². The smallest absolute Gasteiger partial charge is 0.0417 e. The molecule has 0 radical (unpaired) electrons. The fourth-order valence-corrected chi connectivity index (χ4v) is 2.87. The lowest BCUT2D eigenvalue weighted by molar-refractivity contribution is 1.05. The first-order chi connectivity index (χ1) is 8.08. The van der Waals surface area contributed by atoms with Gasteiger partial charge in [0.2, 0.25) is 0 Å². The van der Waals surface area contributed by atoms with Crippen molar-refractivity contribution < 1.29 is 0 Å². The van der Waals surface area contributed by atoms with Gasteiger partial charge in [-0.25, -0.2) is 0 Å². The minimum absolute atomic E-state index is 1.05. The number of pyridine rings is 1. The average molecular weight is 223 g/mol. The van der Waals surface area contributed by atoms with Crippen LogP contribution in [0, 0.1) is 27.7 Å². The van der Waals surface area contributed by atoms with E-state index in [0.717, 1.165) is 12.1 Å². The van der Waals surface area contributed by atoms with Crippen molar-refractivity contribution in [3.8, 4) is 11.1 Å². The highest BCUT2D eigenvalue weighted by Gasteiger charge is 2.23. The van der Waals surface area contributed by atoms with Crippen LogP contribution in [0.3, 0.4) is 0 Å². The highest BCUT2D eigenvalue weighted by atomic mass is 14.7. The Bertz CT molecular complexity index is 624. The molecule has 1 aromatic heterocycles. The first kappa shape index (κ1) is 10.5. The molecule has 1 heteroatoms. The third-order valence-corrected chi connectivity index (χ3v) is 3.89. The van der Waals surface area contributed by atoms with Crippen LogP contribution in [0.4, 0.5) is 0 Å². The van der Waals surface area contributed by atoms with Crippen molar-refractivity contribution in [1.82, 2.24) is 4.98 Å². The van der Waals surface area contributed by atoms with E-state index in [9.17, 15) is 0 Å². The molecule has 86 valence electrons. The maximum atomic E-state index is 4.65. The summed E-state index contributed by atoms with van der Waals surface area (Å²) in [5.41, 5.74) is 10.8. The van der Waals surface area contributed by atoms with Crippen molar-refractivity contribution in [2.45, 2.75) is 34.1 Å². The second-order valence-corrected chi connectivity index (χ2v) is 5.10. The third kappa shape index (κ3) is 1.42. The van der Waals surface area contributed by atoms with Gasteiger partial charge in [0, 0.05) is 17.8 Å². The average Bonchev–Trinajstić information content (AvgIpc) is 2.65. The molecule has 0 bridgehead atoms. The van der Waals surface area contributed by atoms with Crippen LogP contribution < -0.4 is 0 Å². The lowest BCUT2D eigenvalue weighted by Gasteiger charge is -2.10. The fourth-order valence-electron chi connectivity index (χ4n) is 2.87. The molecule has 1 aromatic carbocycles. The second-order valence-electron chi connectivity index (χ2n) is 5.10. The lowest BCUT2D eigenvalue weighted by atomic mass is 9.98. The van der Waals surface area contributed by atoms with Crippen LogP contribution in [0.15, 0.2) is 18.2 Å². The molecule has 1 nitrogen and oxygen atoms in total. The molecule has 0 saturated heterocycles. The maximum Gasteiger partial charge on any atom is 0.0417 e. The summed E-state index contributed by atoms with van der Waals surface area (Å²) in [7, 11) is 0. The molecule has 1 aliphatic carbocycles. The Morgan fingerprint density at radius 3 is 2.53 bits per heavy atom. The SMILES string of the molecule is Cc1ccc2c(c1)Cc1c(C)nc(C)c(C)c1-2. The van der Waals surface area contributed by atoms with Gasteiger partial charge in [0.1, 0.15) is 0 Å². The molecule has 0 fully saturated rings. The summed E-state index contributed by atoms with van der Waals surface area (Å²) in [5.74, 6) is 0. The summed E-state index contributed by atoms with van der Waals surface area (Å²) in [6.07, 6.45) is 1.05. The molecule has 0 saturated carbocycles. The van der Waals surface area contributed by atoms with E-state index in [1.807, 2.05) is 0 Å². The van der Waals surface area contributed by atoms with Crippen molar-refractivity contribution in [2.75, 3.05) is 0 Å². The van der Waals surface area contributed by atoms with E-state index in [1.165, 1.54) is 39.1 Å². The number of hydrogen-bond donors (Lipinski definition) is 0. The van der Waals surface area contributed by atoms with Gasteiger partial charge < -0.3 is 0 Å². The normalized spacial score (nSPS) is 12.5. The van der Waals surface area contributed by atoms with Crippen molar-refractivity contribution in [3.05, 3.63) is 51.8 Å². The standard InChI is InChI=1S/C16H17N/c1-9-5-6-14-13(7-9)8-15-12(4)17-11(3)10(2)16(14)15/h5-7H,8H2,1-4H3. The highest BCUT2D eigenvalue weighted by molar-refractivity contribution is 5.80. The number of fused-ring (bicyclic) bond motifs is 3. The predicted molar refractivity (Wildman–Crippen MR) is 71.4 cm³/mol. The van der Waals surface area contributed by atoms with E-state index in [-0.39, 0.29) is 0 Å². The summed E-state index contributed by atoms with van der Waals surface area (Å²) in [6.45, 7) is 8.58. The van der Waals surface area contributed by atoms with E-state index in [4.69, 9.17) is 0 Å². The highest BCUT2D eigenvalue weighted by Crippen LogP contribution is 2.40. The Kier molecular flexibility index (Phi) is 2.12. The van der Waals surface area contributed by atoms with Crippen LogP contribution in [0.25, 0.3) is 11.1 Å². The van der Waals surface area contributed by atoms with Gasteiger partial charge in [-0.1, -0.05) is 23.8 Å². The van der Waals surface area contributed by atoms with Gasteiger partial charge in [0.15, 0.2) is 0 Å². The zero-order valence-electron chi connectivity index (χ0n) is 10.9. The van der Waals surface area contributed by atoms with Gasteiger partial charge >= 0.3 is 0 Å². The Balaban J connectivity index is 2.35. The summed E-state index contributed by atoms with van der Waals surface area (Å²) in [5, 5.41) is 0. The fraction of sp³-hybridized carbons (Fsp3) is 0.312. The monoisotopic (exact) mass is 223 g/mol. The first-order valence-electron chi connectivity index (χ1n) is 6.14. The Morgan fingerprint density at radius 2 is 1.76 bits per heavy atom. The van der Waals surface area contributed by atoms with Gasteiger partial charge in [0.05, 0.1) is 0 Å². The van der Waals surface area contributed by atoms with Gasteiger partial charge in [-0.05, 0) is 55.5 Å². The van der Waals surface area contributed by atoms with Crippen LogP contribution in [-0.4, -0.2) is 4.98 Å². The van der Waals surface area contributed by atoms with E-state index in [0.29, 0.717) is 0 Å². The first-order valence-corrected chi connectivity index (χ1v) is 6.14. The van der Waals surface area contributed by atoms with Gasteiger partial charge in [-0.3, -0.25) is 4.98 Å². The van der Waals surface area contributed by atoms with E-state index in [2.05, 4.69) is 50.9 Å². The van der Waals surface area contributed by atoms with Crippen molar-refractivity contribution in [3.63, 3.8) is 0 Å². The molecule has 3 rings (SSSR count). The molecule has 0 aliphatic heterocycles. The number of hydrogen-bond acceptors (Lipinski definition) is 1. The Morgan fingerprint density at radius 1 is 1.00 bits per heavy atom. The molecule has 17 heavy (non-hydrogen) atoms. The number of aromatic nitrogens is 1. The zero-order valence-corrected chi connectivity index (χ0v) is 10.9. The summed E-state index contributed by atoms with van der Waals surface area (Å²) in [6, 6.07) is 6.78. The quantitative estimate of drug-likeness (QED) is 0.563. The van der Waals surface area contributed by atoms with Crippen molar-refractivity contribution in [2.24, 2.45) is 0 Å². The molecular formula is C16H17N. The summed E-state index contributed by atoms with van der Waals surface area (Å²) in [4.78, 5) is 4.65. The number of rotatable bonds is 0. The van der Waals surface area contributed by atoms with Crippen LogP contribution in [0.2, 0.25) is 0 Å². The van der Waals surface area contributed by atoms with Crippen LogP contribution in [0.1, 0.15) is 33.6 Å². The number of benzene rings is 1. The molecule has 0 unspecified atom stereocenters. The molecule has 0 amide bonds. The van der Waals surface area contributed by atoms with E-state index < -0.39 is 0 Å². The summed E-state index contributed by atoms with van der Waals surface area (Å²) >= 11 is 0. The summed E-state index contributed by atoms with van der Waals surface area (Å²) < 4.78 is 0. The Hall–Kier alpha value is -1.63. The van der Waals surface area contributed by atoms with Crippen LogP contribution in [-0.2, 0) is 6.42 Å². The molecule has 1 aliphatic rings. The van der Waals surface area contributed by atoms with E-state index >= 15 is 0 Å². The van der Waals surface area contributed by atoms with Crippen LogP contribution in [0.5, 0.6) is 0 Å². The third-order valence-electron chi connectivity index (χ3n) is 3.89. The lowest BCUT2D eigenvalue weighted by Crippen LogP contribution is -1.97. The molecule has 2 aromatic rings. The Labute approximate surface area is 103 Å². The zero-order chi connectivity index (χ0) is 12.2. The molecule has 0 spiro atoms. The second kappa shape index (κ2) is 3.43. The predicted octanol–water partition coefficient (Wildman–Crippen LogP) is 3.89. The largest absolute Gasteiger partial charge is 0.258 e. The minimum atomic E-state index is 1.05. The van der Waals surface area contributed by atoms with Gasteiger partial charge in [-0.15, -0.1) is 0 Å². The van der Waals surface area contributed by atoms with Gasteiger partial charge in [0.25, 0.3) is 0 Å². The number of nitrogens with zero attached hydrogens (tertiary/aromatic N) is 1. The molecule has 0 atom stereocenters. The topological polar surface area (TPSA) is 12.9 Å².